The van der Waals surface area contributed by atoms with Crippen molar-refractivity contribution < 1.29 is 17.9 Å². The molecule has 1 atom stereocenters. The van der Waals surface area contributed by atoms with Crippen LogP contribution in [-0.2, 0) is 19.6 Å². The fourth-order valence-electron chi connectivity index (χ4n) is 2.13. The monoisotopic (exact) mass is 367 g/mol. The Hall–Kier alpha value is -0.440. The van der Waals surface area contributed by atoms with Crippen molar-refractivity contribution in [1.82, 2.24) is 4.31 Å². The van der Waals surface area contributed by atoms with E-state index in [1.807, 2.05) is 0 Å². The van der Waals surface area contributed by atoms with E-state index in [4.69, 9.17) is 4.74 Å². The highest BCUT2D eigenvalue weighted by Crippen LogP contribution is 2.33. The average Bonchev–Trinajstić information content (AvgIpc) is 2.85. The number of hydrogen-bond acceptors (Lipinski definition) is 5. The smallest absolute Gasteiger partial charge is 0.324 e. The van der Waals surface area contributed by atoms with E-state index in [0.717, 1.165) is 24.2 Å². The third-order valence-corrected chi connectivity index (χ3v) is 7.61. The van der Waals surface area contributed by atoms with Crippen molar-refractivity contribution in [3.05, 3.63) is 15.9 Å². The Morgan fingerprint density at radius 3 is 2.84 bits per heavy atom. The van der Waals surface area contributed by atoms with E-state index in [9.17, 15) is 13.2 Å². The molecular formula is C11H14BrNO4S2. The van der Waals surface area contributed by atoms with Crippen molar-refractivity contribution in [2.75, 3.05) is 13.7 Å². The maximum absolute atomic E-state index is 12.6. The summed E-state index contributed by atoms with van der Waals surface area (Å²) in [6.07, 6.45) is 2.10. The molecule has 2 rings (SSSR count). The zero-order valence-electron chi connectivity index (χ0n) is 10.3. The molecule has 1 aliphatic heterocycles. The second kappa shape index (κ2) is 5.90. The molecule has 8 heteroatoms. The number of ether oxygens (including phenoxy) is 1. The van der Waals surface area contributed by atoms with Gasteiger partial charge < -0.3 is 4.74 Å². The van der Waals surface area contributed by atoms with Crippen LogP contribution < -0.4 is 0 Å². The number of rotatable bonds is 3. The summed E-state index contributed by atoms with van der Waals surface area (Å²) in [6, 6.07) is 0.979. The van der Waals surface area contributed by atoms with Crippen LogP contribution in [0.2, 0.25) is 0 Å². The molecule has 2 heterocycles. The maximum atomic E-state index is 12.6. The predicted molar refractivity (Wildman–Crippen MR) is 75.6 cm³/mol. The maximum Gasteiger partial charge on any atom is 0.324 e. The van der Waals surface area contributed by atoms with E-state index < -0.39 is 22.0 Å². The third kappa shape index (κ3) is 2.86. The first-order valence-electron chi connectivity index (χ1n) is 5.81. The van der Waals surface area contributed by atoms with Crippen LogP contribution in [0.5, 0.6) is 0 Å². The van der Waals surface area contributed by atoms with Crippen LogP contribution >= 0.6 is 27.3 Å². The second-order valence-electron chi connectivity index (χ2n) is 4.21. The number of carbonyl (C=O) groups excluding carboxylic acids is 1. The van der Waals surface area contributed by atoms with Gasteiger partial charge in [0.1, 0.15) is 10.3 Å². The first-order valence-corrected chi connectivity index (χ1v) is 8.92. The largest absolute Gasteiger partial charge is 0.468 e. The number of piperidine rings is 1. The van der Waals surface area contributed by atoms with Gasteiger partial charge >= 0.3 is 5.97 Å². The SMILES string of the molecule is COC(=O)C1CCCCN1S(=O)(=O)c1sccc1Br. The zero-order chi connectivity index (χ0) is 14.0. The Morgan fingerprint density at radius 1 is 1.53 bits per heavy atom. The number of carbonyl (C=O) groups is 1. The first kappa shape index (κ1) is 15.0. The molecule has 1 aromatic rings. The fraction of sp³-hybridized carbons (Fsp3) is 0.545. The predicted octanol–water partition coefficient (Wildman–Crippen LogP) is 2.23. The van der Waals surface area contributed by atoms with Crippen LogP contribution in [0.1, 0.15) is 19.3 Å². The van der Waals surface area contributed by atoms with Gasteiger partial charge in [-0.2, -0.15) is 4.31 Å². The lowest BCUT2D eigenvalue weighted by atomic mass is 10.1. The number of sulfonamides is 1. The van der Waals surface area contributed by atoms with Crippen LogP contribution in [0.4, 0.5) is 0 Å². The van der Waals surface area contributed by atoms with Crippen molar-refractivity contribution in [1.29, 1.82) is 0 Å². The van der Waals surface area contributed by atoms with Gasteiger partial charge in [-0.25, -0.2) is 8.42 Å². The van der Waals surface area contributed by atoms with E-state index in [1.165, 1.54) is 11.4 Å². The molecule has 0 radical (unpaired) electrons. The molecule has 106 valence electrons. The van der Waals surface area contributed by atoms with Crippen LogP contribution in [0, 0.1) is 0 Å². The molecule has 1 aromatic heterocycles. The summed E-state index contributed by atoms with van der Waals surface area (Å²) >= 11 is 4.37. The summed E-state index contributed by atoms with van der Waals surface area (Å²) < 4.78 is 31.9. The molecule has 0 saturated carbocycles. The molecule has 1 saturated heterocycles. The molecule has 0 spiro atoms. The van der Waals surface area contributed by atoms with Crippen molar-refractivity contribution in [2.45, 2.75) is 29.5 Å². The Bertz CT molecular complexity index is 569. The van der Waals surface area contributed by atoms with Gasteiger partial charge in [0.15, 0.2) is 0 Å². The number of thiophene rings is 1. The van der Waals surface area contributed by atoms with Gasteiger partial charge in [0.25, 0.3) is 10.0 Å². The number of nitrogens with zero attached hydrogens (tertiary/aromatic N) is 1. The van der Waals surface area contributed by atoms with Gasteiger partial charge in [-0.15, -0.1) is 11.3 Å². The van der Waals surface area contributed by atoms with Gasteiger partial charge in [0.05, 0.1) is 7.11 Å². The molecule has 0 aliphatic carbocycles. The number of methoxy groups -OCH3 is 1. The van der Waals surface area contributed by atoms with E-state index >= 15 is 0 Å². The van der Waals surface area contributed by atoms with Gasteiger partial charge in [-0.05, 0) is 46.6 Å². The summed E-state index contributed by atoms with van der Waals surface area (Å²) in [6.45, 7) is 0.354. The van der Waals surface area contributed by atoms with Crippen LogP contribution in [0.3, 0.4) is 0 Å². The molecular weight excluding hydrogens is 354 g/mol. The second-order valence-corrected chi connectivity index (χ2v) is 8.06. The molecule has 1 fully saturated rings. The van der Waals surface area contributed by atoms with Crippen molar-refractivity contribution in [3.8, 4) is 0 Å². The summed E-state index contributed by atoms with van der Waals surface area (Å²) in [7, 11) is -2.37. The Labute approximate surface area is 124 Å². The molecule has 0 amide bonds. The summed E-state index contributed by atoms with van der Waals surface area (Å²) in [5, 5.41) is 1.70. The number of halogens is 1. The topological polar surface area (TPSA) is 63.7 Å². The minimum atomic E-state index is -3.65. The van der Waals surface area contributed by atoms with E-state index in [-0.39, 0.29) is 4.21 Å². The quantitative estimate of drug-likeness (QED) is 0.768. The van der Waals surface area contributed by atoms with Gasteiger partial charge in [-0.1, -0.05) is 0 Å². The Morgan fingerprint density at radius 2 is 2.26 bits per heavy atom. The lowest BCUT2D eigenvalue weighted by Gasteiger charge is -2.32. The van der Waals surface area contributed by atoms with Crippen LogP contribution in [0.15, 0.2) is 20.1 Å². The zero-order valence-corrected chi connectivity index (χ0v) is 13.6. The number of hydrogen-bond donors (Lipinski definition) is 0. The highest BCUT2D eigenvalue weighted by Gasteiger charge is 2.39. The average molecular weight is 368 g/mol. The van der Waals surface area contributed by atoms with Crippen molar-refractivity contribution >= 4 is 43.3 Å². The van der Waals surface area contributed by atoms with Crippen LogP contribution in [0.25, 0.3) is 0 Å². The minimum Gasteiger partial charge on any atom is -0.468 e. The van der Waals surface area contributed by atoms with Gasteiger partial charge in [-0.3, -0.25) is 4.79 Å². The van der Waals surface area contributed by atoms with E-state index in [2.05, 4.69) is 15.9 Å². The molecule has 1 aliphatic rings. The van der Waals surface area contributed by atoms with E-state index in [0.29, 0.717) is 17.4 Å². The van der Waals surface area contributed by atoms with Crippen molar-refractivity contribution in [3.63, 3.8) is 0 Å². The summed E-state index contributed by atoms with van der Waals surface area (Å²) in [4.78, 5) is 11.7. The molecule has 19 heavy (non-hydrogen) atoms. The third-order valence-electron chi connectivity index (χ3n) is 3.05. The summed E-state index contributed by atoms with van der Waals surface area (Å²) in [5.74, 6) is -0.490. The van der Waals surface area contributed by atoms with Crippen LogP contribution in [-0.4, -0.2) is 38.4 Å². The van der Waals surface area contributed by atoms with Gasteiger partial charge in [0, 0.05) is 11.0 Å². The lowest BCUT2D eigenvalue weighted by Crippen LogP contribution is -2.48. The number of esters is 1. The Balaban J connectivity index is 2.37. The molecule has 0 N–H and O–H groups in total. The molecule has 1 unspecified atom stereocenters. The summed E-state index contributed by atoms with van der Waals surface area (Å²) in [5.41, 5.74) is 0. The molecule has 0 aromatic carbocycles. The van der Waals surface area contributed by atoms with Crippen molar-refractivity contribution in [2.24, 2.45) is 0 Å². The lowest BCUT2D eigenvalue weighted by molar-refractivity contribution is -0.146. The normalized spacial score (nSPS) is 21.3. The van der Waals surface area contributed by atoms with Gasteiger partial charge in [0.2, 0.25) is 0 Å². The minimum absolute atomic E-state index is 0.239. The fourth-order valence-corrected chi connectivity index (χ4v) is 6.21. The highest BCUT2D eigenvalue weighted by molar-refractivity contribution is 9.10. The highest BCUT2D eigenvalue weighted by atomic mass is 79.9. The first-order chi connectivity index (χ1) is 8.98. The molecule has 0 bridgehead atoms. The Kier molecular flexibility index (Phi) is 4.65. The molecule has 5 nitrogen and oxygen atoms in total. The van der Waals surface area contributed by atoms with E-state index in [1.54, 1.807) is 11.4 Å². The standard InChI is InChI=1S/C11H14BrNO4S2/c1-17-10(14)9-4-2-3-6-13(9)19(15,16)11-8(12)5-7-18-11/h5,7,9H,2-4,6H2,1H3.